The van der Waals surface area contributed by atoms with Gasteiger partial charge in [-0.1, -0.05) is 36.4 Å². The lowest BCUT2D eigenvalue weighted by atomic mass is 9.98. The fourth-order valence-electron chi connectivity index (χ4n) is 4.49. The van der Waals surface area contributed by atoms with Crippen LogP contribution in [0.5, 0.6) is 0 Å². The third-order valence-corrected chi connectivity index (χ3v) is 7.67. The van der Waals surface area contributed by atoms with Crippen LogP contribution in [0.3, 0.4) is 0 Å². The van der Waals surface area contributed by atoms with Crippen LogP contribution >= 0.6 is 0 Å². The van der Waals surface area contributed by atoms with Gasteiger partial charge in [-0.05, 0) is 41.8 Å². The Morgan fingerprint density at radius 3 is 2.30 bits per heavy atom. The summed E-state index contributed by atoms with van der Waals surface area (Å²) in [7, 11) is -0.121. The van der Waals surface area contributed by atoms with Gasteiger partial charge in [0.1, 0.15) is 5.03 Å². The number of aromatic nitrogens is 2. The molecule has 1 fully saturated rings. The number of fused-ring (bicyclic) bond motifs is 1. The van der Waals surface area contributed by atoms with Crippen LogP contribution in [-0.4, -0.2) is 69.3 Å². The summed E-state index contributed by atoms with van der Waals surface area (Å²) < 4.78 is 12.2. The summed E-state index contributed by atoms with van der Waals surface area (Å²) in [6, 6.07) is 14.9. The molecule has 2 aliphatic rings. The normalized spacial score (nSPS) is 18.5. The molecule has 0 saturated carbocycles. The zero-order chi connectivity index (χ0) is 23.0. The van der Waals surface area contributed by atoms with E-state index >= 15 is 0 Å². The highest BCUT2D eigenvalue weighted by molar-refractivity contribution is 7.99. The molecule has 0 spiro atoms. The van der Waals surface area contributed by atoms with Gasteiger partial charge in [-0.25, -0.2) is 4.98 Å². The highest BCUT2D eigenvalue weighted by Gasteiger charge is 2.19. The Balaban J connectivity index is 1.35. The SMILES string of the molecule is C=S(C)(=O)c1ccc(C2=CCc3ncc(-c4ccc(CN5CCN(C)CC5)cc4)cc32)cn1. The molecule has 1 aliphatic carbocycles. The third-order valence-electron chi connectivity index (χ3n) is 6.54. The Bertz CT molecular complexity index is 1290. The quantitative estimate of drug-likeness (QED) is 0.547. The first-order valence-electron chi connectivity index (χ1n) is 11.4. The highest BCUT2D eigenvalue weighted by atomic mass is 32.2. The topological polar surface area (TPSA) is 49.3 Å². The van der Waals surface area contributed by atoms with E-state index in [0.717, 1.165) is 67.1 Å². The highest BCUT2D eigenvalue weighted by Crippen LogP contribution is 2.34. The lowest BCUT2D eigenvalue weighted by Crippen LogP contribution is -2.43. The van der Waals surface area contributed by atoms with Crippen molar-refractivity contribution in [3.63, 3.8) is 0 Å². The molecule has 0 amide bonds. The molecule has 0 radical (unpaired) electrons. The first-order valence-corrected chi connectivity index (χ1v) is 13.5. The van der Waals surface area contributed by atoms with Gasteiger partial charge in [0.2, 0.25) is 0 Å². The lowest BCUT2D eigenvalue weighted by Gasteiger charge is -2.32. The van der Waals surface area contributed by atoms with Crippen LogP contribution in [0.25, 0.3) is 16.7 Å². The summed E-state index contributed by atoms with van der Waals surface area (Å²) in [4.78, 5) is 14.1. The minimum atomic E-state index is -2.31. The zero-order valence-electron chi connectivity index (χ0n) is 19.3. The van der Waals surface area contributed by atoms with Gasteiger partial charge in [0.15, 0.2) is 0 Å². The van der Waals surface area contributed by atoms with Crippen LogP contribution in [0.2, 0.25) is 0 Å². The molecule has 3 heterocycles. The number of pyridine rings is 2. The predicted octanol–water partition coefficient (Wildman–Crippen LogP) is 3.58. The van der Waals surface area contributed by atoms with Crippen LogP contribution < -0.4 is 0 Å². The van der Waals surface area contributed by atoms with Crippen molar-refractivity contribution in [3.8, 4) is 11.1 Å². The van der Waals surface area contributed by atoms with Gasteiger partial charge in [0, 0.05) is 84.0 Å². The Kier molecular flexibility index (Phi) is 5.91. The van der Waals surface area contributed by atoms with E-state index in [9.17, 15) is 4.21 Å². The molecular weight excluding hydrogens is 428 g/mol. The minimum absolute atomic E-state index is 0.536. The molecule has 33 heavy (non-hydrogen) atoms. The van der Waals surface area contributed by atoms with E-state index in [0.29, 0.717) is 5.03 Å². The molecule has 1 saturated heterocycles. The van der Waals surface area contributed by atoms with Gasteiger partial charge in [-0.3, -0.25) is 14.1 Å². The number of hydrogen-bond acceptors (Lipinski definition) is 5. The molecule has 1 atom stereocenters. The second kappa shape index (κ2) is 8.86. The molecule has 0 bridgehead atoms. The van der Waals surface area contributed by atoms with E-state index in [-0.39, 0.29) is 0 Å². The van der Waals surface area contributed by atoms with E-state index in [1.54, 1.807) is 12.5 Å². The fourth-order valence-corrected chi connectivity index (χ4v) is 5.12. The number of allylic oxidation sites excluding steroid dienone is 1. The first-order chi connectivity index (χ1) is 15.9. The van der Waals surface area contributed by atoms with Gasteiger partial charge in [0.25, 0.3) is 0 Å². The minimum Gasteiger partial charge on any atom is -0.304 e. The molecular formula is C27H30N4OS. The van der Waals surface area contributed by atoms with E-state index in [1.807, 2.05) is 18.3 Å². The number of rotatable bonds is 5. The molecule has 6 heteroatoms. The summed E-state index contributed by atoms with van der Waals surface area (Å²) in [5.74, 6) is 3.73. The Morgan fingerprint density at radius 2 is 1.64 bits per heavy atom. The molecule has 5 rings (SSSR count). The van der Waals surface area contributed by atoms with Crippen molar-refractivity contribution in [2.75, 3.05) is 39.5 Å². The Labute approximate surface area is 196 Å². The van der Waals surface area contributed by atoms with Crippen molar-refractivity contribution in [3.05, 3.63) is 83.3 Å². The molecule has 170 valence electrons. The van der Waals surface area contributed by atoms with Crippen molar-refractivity contribution >= 4 is 21.0 Å². The van der Waals surface area contributed by atoms with Crippen LogP contribution in [0.15, 0.2) is 66.0 Å². The van der Waals surface area contributed by atoms with Gasteiger partial charge >= 0.3 is 0 Å². The second-order valence-electron chi connectivity index (χ2n) is 9.21. The average molecular weight is 459 g/mol. The zero-order valence-corrected chi connectivity index (χ0v) is 20.1. The van der Waals surface area contributed by atoms with Crippen molar-refractivity contribution in [2.45, 2.75) is 18.0 Å². The van der Waals surface area contributed by atoms with Crippen molar-refractivity contribution in [2.24, 2.45) is 0 Å². The summed E-state index contributed by atoms with van der Waals surface area (Å²) in [6.45, 7) is 5.54. The van der Waals surface area contributed by atoms with Crippen molar-refractivity contribution in [1.29, 1.82) is 0 Å². The molecule has 0 N–H and O–H groups in total. The van der Waals surface area contributed by atoms with Crippen LogP contribution in [0.4, 0.5) is 0 Å². The fraction of sp³-hybridized carbons (Fsp3) is 0.296. The summed E-state index contributed by atoms with van der Waals surface area (Å²) in [6.07, 6.45) is 8.40. The van der Waals surface area contributed by atoms with Crippen LogP contribution in [-0.2, 0) is 22.5 Å². The molecule has 1 unspecified atom stereocenters. The largest absolute Gasteiger partial charge is 0.304 e. The van der Waals surface area contributed by atoms with Gasteiger partial charge in [0.05, 0.1) is 5.69 Å². The second-order valence-corrected chi connectivity index (χ2v) is 11.6. The van der Waals surface area contributed by atoms with E-state index in [4.69, 9.17) is 4.98 Å². The van der Waals surface area contributed by atoms with E-state index < -0.39 is 9.52 Å². The van der Waals surface area contributed by atoms with Crippen LogP contribution in [0.1, 0.15) is 22.4 Å². The molecule has 1 aromatic carbocycles. The maximum atomic E-state index is 12.2. The molecule has 2 aromatic heterocycles. The first kappa shape index (κ1) is 22.0. The Hall–Kier alpha value is -2.80. The molecule has 5 nitrogen and oxygen atoms in total. The van der Waals surface area contributed by atoms with Crippen molar-refractivity contribution in [1.82, 2.24) is 19.8 Å². The number of benzene rings is 1. The standard InChI is InChI=1S/C27H30N4OS/c1-30-12-14-31(15-13-30)19-20-4-6-21(7-5-20)23-16-25-24(9-10-26(25)28-18-23)22-8-11-27(29-17-22)33(2,3)32/h4-9,11,16-18H,2,10,12-15,19H2,1,3H3. The van der Waals surface area contributed by atoms with Gasteiger partial charge < -0.3 is 4.90 Å². The lowest BCUT2D eigenvalue weighted by molar-refractivity contribution is 0.148. The number of piperazine rings is 1. The van der Waals surface area contributed by atoms with E-state index in [2.05, 4.69) is 64.1 Å². The van der Waals surface area contributed by atoms with Crippen LogP contribution in [0, 0.1) is 0 Å². The smallest absolute Gasteiger partial charge is 0.118 e. The van der Waals surface area contributed by atoms with Gasteiger partial charge in [-0.15, -0.1) is 0 Å². The average Bonchev–Trinajstić information content (AvgIpc) is 3.24. The Morgan fingerprint density at radius 1 is 0.939 bits per heavy atom. The van der Waals surface area contributed by atoms with E-state index in [1.165, 1.54) is 11.1 Å². The summed E-state index contributed by atoms with van der Waals surface area (Å²) in [5.41, 5.74) is 8.03. The predicted molar refractivity (Wildman–Crippen MR) is 137 cm³/mol. The van der Waals surface area contributed by atoms with Gasteiger partial charge in [-0.2, -0.15) is 0 Å². The summed E-state index contributed by atoms with van der Waals surface area (Å²) >= 11 is 0. The number of likely N-dealkylation sites (N-methyl/N-ethyl adjacent to an activating group) is 1. The summed E-state index contributed by atoms with van der Waals surface area (Å²) in [5, 5.41) is 0.536. The molecule has 1 aliphatic heterocycles. The maximum Gasteiger partial charge on any atom is 0.118 e. The third kappa shape index (κ3) is 4.78. The van der Waals surface area contributed by atoms with Crippen molar-refractivity contribution < 1.29 is 4.21 Å². The maximum absolute atomic E-state index is 12.2. The number of nitrogens with zero attached hydrogens (tertiary/aromatic N) is 4. The monoisotopic (exact) mass is 458 g/mol. The molecule has 3 aromatic rings. The number of hydrogen-bond donors (Lipinski definition) is 0.